The number of benzene rings is 2. The summed E-state index contributed by atoms with van der Waals surface area (Å²) in [4.78, 5) is 17.7. The van der Waals surface area contributed by atoms with Gasteiger partial charge in [0.1, 0.15) is 11.3 Å². The van der Waals surface area contributed by atoms with Crippen LogP contribution in [0.1, 0.15) is 11.1 Å². The molecule has 0 radical (unpaired) electrons. The van der Waals surface area contributed by atoms with Gasteiger partial charge in [0.15, 0.2) is 10.7 Å². The number of fused-ring (bicyclic) bond motifs is 1. The fourth-order valence-electron chi connectivity index (χ4n) is 2.91. The first-order valence-electron chi connectivity index (χ1n) is 8.46. The second kappa shape index (κ2) is 7.36. The van der Waals surface area contributed by atoms with Gasteiger partial charge in [0.05, 0.1) is 12.7 Å². The number of rotatable bonds is 5. The Labute approximate surface area is 159 Å². The largest absolute Gasteiger partial charge is 0.281 e. The summed E-state index contributed by atoms with van der Waals surface area (Å²) in [7, 11) is 1.73. The Morgan fingerprint density at radius 3 is 2.59 bits per heavy atom. The Kier molecular flexibility index (Phi) is 4.77. The van der Waals surface area contributed by atoms with E-state index in [0.717, 1.165) is 5.56 Å². The molecule has 2 heterocycles. The molecular formula is C20H17FN4OS. The van der Waals surface area contributed by atoms with E-state index in [1.165, 1.54) is 22.5 Å². The van der Waals surface area contributed by atoms with Crippen molar-refractivity contribution in [2.45, 2.75) is 17.5 Å². The van der Waals surface area contributed by atoms with Crippen molar-refractivity contribution in [3.05, 3.63) is 88.1 Å². The van der Waals surface area contributed by atoms with Gasteiger partial charge in [-0.15, -0.1) is 0 Å². The van der Waals surface area contributed by atoms with Crippen LogP contribution >= 0.6 is 11.8 Å². The van der Waals surface area contributed by atoms with Crippen molar-refractivity contribution in [1.82, 2.24) is 19.3 Å². The lowest BCUT2D eigenvalue weighted by molar-refractivity contribution is 0.616. The van der Waals surface area contributed by atoms with Crippen LogP contribution in [0.3, 0.4) is 0 Å². The maximum atomic E-state index is 14.0. The highest BCUT2D eigenvalue weighted by Gasteiger charge is 2.16. The molecule has 0 aliphatic rings. The van der Waals surface area contributed by atoms with E-state index in [1.807, 2.05) is 30.3 Å². The van der Waals surface area contributed by atoms with E-state index >= 15 is 0 Å². The Balaban J connectivity index is 1.77. The van der Waals surface area contributed by atoms with E-state index in [-0.39, 0.29) is 11.4 Å². The minimum Gasteiger partial charge on any atom is -0.281 e. The summed E-state index contributed by atoms with van der Waals surface area (Å²) in [5.74, 6) is 0.129. The topological polar surface area (TPSA) is 52.7 Å². The molecule has 0 aliphatic heterocycles. The minimum atomic E-state index is -0.260. The van der Waals surface area contributed by atoms with Gasteiger partial charge < -0.3 is 0 Å². The Hall–Kier alpha value is -2.93. The monoisotopic (exact) mass is 380 g/mol. The van der Waals surface area contributed by atoms with Gasteiger partial charge in [-0.05, 0) is 17.2 Å². The first kappa shape index (κ1) is 17.5. The average Bonchev–Trinajstić information content (AvgIpc) is 3.05. The normalized spacial score (nSPS) is 11.2. The van der Waals surface area contributed by atoms with Crippen LogP contribution in [0.25, 0.3) is 11.0 Å². The number of nitrogens with zero attached hydrogens (tertiary/aromatic N) is 4. The van der Waals surface area contributed by atoms with E-state index < -0.39 is 0 Å². The van der Waals surface area contributed by atoms with E-state index in [4.69, 9.17) is 0 Å². The van der Waals surface area contributed by atoms with E-state index in [1.54, 1.807) is 36.0 Å². The summed E-state index contributed by atoms with van der Waals surface area (Å²) < 4.78 is 17.1. The molecular weight excluding hydrogens is 363 g/mol. The highest BCUT2D eigenvalue weighted by atomic mass is 32.2. The van der Waals surface area contributed by atoms with Crippen molar-refractivity contribution >= 4 is 22.8 Å². The lowest BCUT2D eigenvalue weighted by atomic mass is 10.2. The first-order valence-corrected chi connectivity index (χ1v) is 9.44. The van der Waals surface area contributed by atoms with Crippen molar-refractivity contribution in [2.75, 3.05) is 0 Å². The highest BCUT2D eigenvalue weighted by Crippen LogP contribution is 2.24. The zero-order valence-corrected chi connectivity index (χ0v) is 15.5. The fraction of sp³-hybridized carbons (Fsp3) is 0.150. The Morgan fingerprint density at radius 2 is 1.81 bits per heavy atom. The fourth-order valence-corrected chi connectivity index (χ4v) is 3.89. The predicted octanol–water partition coefficient (Wildman–Crippen LogP) is 3.61. The third-order valence-corrected chi connectivity index (χ3v) is 5.34. The molecule has 4 rings (SSSR count). The third kappa shape index (κ3) is 3.50. The van der Waals surface area contributed by atoms with Crippen LogP contribution in [0.2, 0.25) is 0 Å². The second-order valence-corrected chi connectivity index (χ2v) is 7.10. The number of aryl methyl sites for hydroxylation is 1. The zero-order chi connectivity index (χ0) is 18.8. The summed E-state index contributed by atoms with van der Waals surface area (Å²) >= 11 is 1.35. The standard InChI is InChI=1S/C20H17FN4OS/c1-24-18-17(11-22-24)23-20(27-13-15-9-5-6-10-16(15)21)25(19(18)26)12-14-7-3-2-4-8-14/h2-11H,12-13H2,1H3. The molecule has 27 heavy (non-hydrogen) atoms. The van der Waals surface area contributed by atoms with E-state index in [9.17, 15) is 9.18 Å². The number of hydrogen-bond acceptors (Lipinski definition) is 4. The van der Waals surface area contributed by atoms with Crippen LogP contribution in [0.15, 0.2) is 70.7 Å². The van der Waals surface area contributed by atoms with Crippen LogP contribution in [0, 0.1) is 5.82 Å². The summed E-state index contributed by atoms with van der Waals surface area (Å²) in [6, 6.07) is 16.4. The van der Waals surface area contributed by atoms with E-state index in [0.29, 0.717) is 34.1 Å². The van der Waals surface area contributed by atoms with Gasteiger partial charge in [-0.1, -0.05) is 60.3 Å². The first-order chi connectivity index (χ1) is 13.1. The summed E-state index contributed by atoms with van der Waals surface area (Å²) in [5, 5.41) is 4.70. The molecule has 0 aliphatic carbocycles. The van der Waals surface area contributed by atoms with E-state index in [2.05, 4.69) is 10.1 Å². The molecule has 2 aromatic carbocycles. The van der Waals surface area contributed by atoms with Crippen LogP contribution in [-0.4, -0.2) is 19.3 Å². The summed E-state index contributed by atoms with van der Waals surface area (Å²) in [6.07, 6.45) is 1.58. The molecule has 0 saturated carbocycles. The van der Waals surface area contributed by atoms with Gasteiger partial charge in [-0.3, -0.25) is 14.0 Å². The second-order valence-electron chi connectivity index (χ2n) is 6.15. The number of aromatic nitrogens is 4. The van der Waals surface area contributed by atoms with Gasteiger partial charge in [0, 0.05) is 12.8 Å². The Morgan fingerprint density at radius 1 is 1.07 bits per heavy atom. The van der Waals surface area contributed by atoms with Crippen molar-refractivity contribution in [3.8, 4) is 0 Å². The zero-order valence-electron chi connectivity index (χ0n) is 14.7. The molecule has 0 unspecified atom stereocenters. The molecule has 136 valence electrons. The molecule has 0 atom stereocenters. The maximum absolute atomic E-state index is 14.0. The lowest BCUT2D eigenvalue weighted by Crippen LogP contribution is -2.25. The summed E-state index contributed by atoms with van der Waals surface area (Å²) in [5.41, 5.74) is 2.42. The molecule has 0 N–H and O–H groups in total. The quantitative estimate of drug-likeness (QED) is 0.392. The van der Waals surface area contributed by atoms with Crippen LogP contribution < -0.4 is 5.56 Å². The average molecular weight is 380 g/mol. The number of thioether (sulfide) groups is 1. The molecule has 0 saturated heterocycles. The smallest absolute Gasteiger partial charge is 0.280 e. The molecule has 0 bridgehead atoms. The van der Waals surface area contributed by atoms with Gasteiger partial charge in [-0.2, -0.15) is 5.10 Å². The molecule has 4 aromatic rings. The van der Waals surface area contributed by atoms with Gasteiger partial charge in [0.25, 0.3) is 5.56 Å². The van der Waals surface area contributed by atoms with Crippen LogP contribution in [-0.2, 0) is 19.3 Å². The van der Waals surface area contributed by atoms with Crippen molar-refractivity contribution in [1.29, 1.82) is 0 Å². The third-order valence-electron chi connectivity index (χ3n) is 4.31. The molecule has 0 fully saturated rings. The molecule has 0 spiro atoms. The molecule has 7 heteroatoms. The van der Waals surface area contributed by atoms with Crippen molar-refractivity contribution < 1.29 is 4.39 Å². The molecule has 0 amide bonds. The van der Waals surface area contributed by atoms with Gasteiger partial charge >= 0.3 is 0 Å². The Bertz CT molecular complexity index is 1150. The summed E-state index contributed by atoms with van der Waals surface area (Å²) in [6.45, 7) is 0.396. The molecule has 5 nitrogen and oxygen atoms in total. The van der Waals surface area contributed by atoms with Crippen LogP contribution in [0.5, 0.6) is 0 Å². The number of hydrogen-bond donors (Lipinski definition) is 0. The lowest BCUT2D eigenvalue weighted by Gasteiger charge is -2.12. The molecule has 2 aromatic heterocycles. The van der Waals surface area contributed by atoms with Crippen molar-refractivity contribution in [3.63, 3.8) is 0 Å². The minimum absolute atomic E-state index is 0.153. The van der Waals surface area contributed by atoms with Crippen molar-refractivity contribution in [2.24, 2.45) is 7.05 Å². The van der Waals surface area contributed by atoms with Crippen LogP contribution in [0.4, 0.5) is 4.39 Å². The SMILES string of the molecule is Cn1ncc2nc(SCc3ccccc3F)n(Cc3ccccc3)c(=O)c21. The number of halogens is 1. The highest BCUT2D eigenvalue weighted by molar-refractivity contribution is 7.98. The predicted molar refractivity (Wildman–Crippen MR) is 104 cm³/mol. The van der Waals surface area contributed by atoms with Gasteiger partial charge in [-0.25, -0.2) is 9.37 Å². The maximum Gasteiger partial charge on any atom is 0.280 e. The van der Waals surface area contributed by atoms with Gasteiger partial charge in [0.2, 0.25) is 0 Å².